The van der Waals surface area contributed by atoms with E-state index >= 15 is 0 Å². The molecule has 0 heterocycles. The number of carbonyl (C=O) groups excluding carboxylic acids is 1. The monoisotopic (exact) mass is 336 g/mol. The number of nitrogens with zero attached hydrogens (tertiary/aromatic N) is 1. The molecule has 0 radical (unpaired) electrons. The molecule has 2 aromatic rings. The van der Waals surface area contributed by atoms with E-state index in [4.69, 9.17) is 9.47 Å². The number of para-hydroxylation sites is 2. The fourth-order valence-electron chi connectivity index (χ4n) is 1.92. The van der Waals surface area contributed by atoms with Crippen LogP contribution in [0.2, 0.25) is 0 Å². The fraction of sp³-hybridized carbons (Fsp3) is 0.235. The molecule has 1 amide bonds. The van der Waals surface area contributed by atoms with Gasteiger partial charge >= 0.3 is 0 Å². The van der Waals surface area contributed by atoms with Crippen molar-refractivity contribution in [3.05, 3.63) is 48.5 Å². The highest BCUT2D eigenvalue weighted by molar-refractivity contribution is 5.92. The van der Waals surface area contributed by atoms with Gasteiger partial charge in [-0.25, -0.2) is 0 Å². The van der Waals surface area contributed by atoms with Crippen molar-refractivity contribution in [3.63, 3.8) is 0 Å². The van der Waals surface area contributed by atoms with Crippen molar-refractivity contribution in [3.8, 4) is 11.5 Å². The minimum Gasteiger partial charge on any atom is -0.493 e. The maximum absolute atomic E-state index is 11.9. The van der Waals surface area contributed by atoms with Crippen molar-refractivity contribution >= 4 is 29.7 Å². The number of benzene rings is 2. The summed E-state index contributed by atoms with van der Waals surface area (Å²) in [5, 5.41) is 2.79. The minimum absolute atomic E-state index is 0. The fourth-order valence-corrected chi connectivity index (χ4v) is 1.92. The Labute approximate surface area is 142 Å². The molecule has 0 fully saturated rings. The standard InChI is InChI=1S/C17H20N2O3.ClH/c1-19(2)14-10-8-13(9-11-14)18-17(20)12-22-16-7-5-4-6-15(16)21-3;/h4-11H,12H2,1-3H3,(H,18,20);1H. The van der Waals surface area contributed by atoms with Crippen LogP contribution < -0.4 is 19.7 Å². The zero-order valence-electron chi connectivity index (χ0n) is 13.4. The number of ether oxygens (including phenoxy) is 2. The third-order valence-corrected chi connectivity index (χ3v) is 3.10. The van der Waals surface area contributed by atoms with Gasteiger partial charge in [-0.05, 0) is 36.4 Å². The van der Waals surface area contributed by atoms with E-state index in [1.807, 2.05) is 55.4 Å². The first-order valence-corrected chi connectivity index (χ1v) is 6.93. The Balaban J connectivity index is 0.00000264. The number of anilines is 2. The molecule has 0 spiro atoms. The molecule has 23 heavy (non-hydrogen) atoms. The van der Waals surface area contributed by atoms with Gasteiger partial charge in [0.2, 0.25) is 0 Å². The Morgan fingerprint density at radius 1 is 1.04 bits per heavy atom. The van der Waals surface area contributed by atoms with Gasteiger partial charge in [0.05, 0.1) is 7.11 Å². The van der Waals surface area contributed by atoms with E-state index in [0.29, 0.717) is 11.5 Å². The van der Waals surface area contributed by atoms with E-state index in [9.17, 15) is 4.79 Å². The number of rotatable bonds is 6. The maximum Gasteiger partial charge on any atom is 0.262 e. The zero-order chi connectivity index (χ0) is 15.9. The van der Waals surface area contributed by atoms with Crippen LogP contribution in [0.25, 0.3) is 0 Å². The predicted octanol–water partition coefficient (Wildman–Crippen LogP) is 3.20. The van der Waals surface area contributed by atoms with Crippen molar-refractivity contribution in [2.45, 2.75) is 0 Å². The van der Waals surface area contributed by atoms with Gasteiger partial charge in [0, 0.05) is 25.5 Å². The molecule has 0 aliphatic rings. The lowest BCUT2D eigenvalue weighted by Crippen LogP contribution is -2.20. The number of carbonyl (C=O) groups is 1. The van der Waals surface area contributed by atoms with Crippen LogP contribution in [0.15, 0.2) is 48.5 Å². The average Bonchev–Trinajstić information content (AvgIpc) is 2.53. The van der Waals surface area contributed by atoms with E-state index in [-0.39, 0.29) is 24.9 Å². The molecule has 0 saturated heterocycles. The molecule has 0 atom stereocenters. The van der Waals surface area contributed by atoms with Crippen LogP contribution in [0.3, 0.4) is 0 Å². The molecule has 0 aliphatic carbocycles. The third-order valence-electron chi connectivity index (χ3n) is 3.10. The normalized spacial score (nSPS) is 9.52. The Kier molecular flexibility index (Phi) is 7.22. The summed E-state index contributed by atoms with van der Waals surface area (Å²) in [6.07, 6.45) is 0. The van der Waals surface area contributed by atoms with Crippen molar-refractivity contribution in [1.29, 1.82) is 0 Å². The maximum atomic E-state index is 11.9. The molecule has 2 rings (SSSR count). The van der Waals surface area contributed by atoms with Gasteiger partial charge in [-0.1, -0.05) is 12.1 Å². The summed E-state index contributed by atoms with van der Waals surface area (Å²) >= 11 is 0. The molecule has 6 heteroatoms. The first-order valence-electron chi connectivity index (χ1n) is 6.93. The second kappa shape index (κ2) is 8.90. The van der Waals surface area contributed by atoms with Crippen molar-refractivity contribution in [1.82, 2.24) is 0 Å². The number of halogens is 1. The molecule has 0 saturated carbocycles. The summed E-state index contributed by atoms with van der Waals surface area (Å²) in [7, 11) is 5.50. The Hall–Kier alpha value is -2.40. The highest BCUT2D eigenvalue weighted by Gasteiger charge is 2.07. The minimum atomic E-state index is -0.219. The summed E-state index contributed by atoms with van der Waals surface area (Å²) < 4.78 is 10.6. The molecule has 2 aromatic carbocycles. The molecule has 1 N–H and O–H groups in total. The predicted molar refractivity (Wildman–Crippen MR) is 95.1 cm³/mol. The van der Waals surface area contributed by atoms with Crippen molar-refractivity contribution in [2.24, 2.45) is 0 Å². The lowest BCUT2D eigenvalue weighted by Gasteiger charge is -2.13. The zero-order valence-corrected chi connectivity index (χ0v) is 14.2. The Bertz CT molecular complexity index is 630. The van der Waals surface area contributed by atoms with Crippen LogP contribution in [-0.2, 0) is 4.79 Å². The quantitative estimate of drug-likeness (QED) is 0.880. The van der Waals surface area contributed by atoms with E-state index in [2.05, 4.69) is 5.32 Å². The first kappa shape index (κ1) is 18.6. The second-order valence-electron chi connectivity index (χ2n) is 4.93. The summed E-state index contributed by atoms with van der Waals surface area (Å²) in [4.78, 5) is 13.9. The first-order chi connectivity index (χ1) is 10.6. The van der Waals surface area contributed by atoms with Crippen molar-refractivity contribution in [2.75, 3.05) is 38.0 Å². The van der Waals surface area contributed by atoms with Crippen molar-refractivity contribution < 1.29 is 14.3 Å². The second-order valence-corrected chi connectivity index (χ2v) is 4.93. The van der Waals surface area contributed by atoms with Gasteiger partial charge in [-0.2, -0.15) is 0 Å². The molecule has 0 unspecified atom stereocenters. The highest BCUT2D eigenvalue weighted by atomic mass is 35.5. The smallest absolute Gasteiger partial charge is 0.262 e. The molecular weight excluding hydrogens is 316 g/mol. The molecule has 0 bridgehead atoms. The Morgan fingerprint density at radius 3 is 2.22 bits per heavy atom. The SMILES string of the molecule is COc1ccccc1OCC(=O)Nc1ccc(N(C)C)cc1.Cl. The third kappa shape index (κ3) is 5.38. The average molecular weight is 337 g/mol. The number of methoxy groups -OCH3 is 1. The highest BCUT2D eigenvalue weighted by Crippen LogP contribution is 2.25. The lowest BCUT2D eigenvalue weighted by molar-refractivity contribution is -0.118. The summed E-state index contributed by atoms with van der Waals surface area (Å²) in [6.45, 7) is -0.0736. The van der Waals surface area contributed by atoms with Gasteiger partial charge < -0.3 is 19.7 Å². The van der Waals surface area contributed by atoms with Gasteiger partial charge in [0.25, 0.3) is 5.91 Å². The number of amides is 1. The van der Waals surface area contributed by atoms with Crippen LogP contribution in [0.5, 0.6) is 11.5 Å². The van der Waals surface area contributed by atoms with Gasteiger partial charge in [0.15, 0.2) is 18.1 Å². The van der Waals surface area contributed by atoms with Crippen LogP contribution in [0, 0.1) is 0 Å². The number of hydrogen-bond donors (Lipinski definition) is 1. The number of hydrogen-bond acceptors (Lipinski definition) is 4. The van der Waals surface area contributed by atoms with Gasteiger partial charge in [-0.15, -0.1) is 12.4 Å². The molecule has 0 aliphatic heterocycles. The number of nitrogens with one attached hydrogen (secondary N) is 1. The largest absolute Gasteiger partial charge is 0.493 e. The Morgan fingerprint density at radius 2 is 1.65 bits per heavy atom. The summed E-state index contributed by atoms with van der Waals surface area (Å²) in [5.74, 6) is 0.928. The van der Waals surface area contributed by atoms with Gasteiger partial charge in [0.1, 0.15) is 0 Å². The molecule has 124 valence electrons. The topological polar surface area (TPSA) is 50.8 Å². The van der Waals surface area contributed by atoms with Gasteiger partial charge in [-0.3, -0.25) is 4.79 Å². The van der Waals surface area contributed by atoms with E-state index in [1.165, 1.54) is 0 Å². The van der Waals surface area contributed by atoms with Crippen LogP contribution in [0.1, 0.15) is 0 Å². The van der Waals surface area contributed by atoms with Crippen LogP contribution in [-0.4, -0.2) is 33.7 Å². The molecule has 5 nitrogen and oxygen atoms in total. The van der Waals surface area contributed by atoms with Crippen LogP contribution in [0.4, 0.5) is 11.4 Å². The summed E-state index contributed by atoms with van der Waals surface area (Å²) in [6, 6.07) is 14.8. The summed E-state index contributed by atoms with van der Waals surface area (Å²) in [5.41, 5.74) is 1.81. The van der Waals surface area contributed by atoms with E-state index in [1.54, 1.807) is 19.2 Å². The van der Waals surface area contributed by atoms with Crippen LogP contribution >= 0.6 is 12.4 Å². The lowest BCUT2D eigenvalue weighted by atomic mass is 10.2. The molecule has 0 aromatic heterocycles. The molecular formula is C17H21ClN2O3. The van der Waals surface area contributed by atoms with E-state index < -0.39 is 0 Å². The van der Waals surface area contributed by atoms with E-state index in [0.717, 1.165) is 11.4 Å².